The molecular weight excluding hydrogens is 418 g/mol. The molecule has 1 amide bonds. The molecule has 1 unspecified atom stereocenters. The van der Waals surface area contributed by atoms with Crippen molar-refractivity contribution in [3.05, 3.63) is 19.2 Å². The highest BCUT2D eigenvalue weighted by Gasteiger charge is 2.26. The fourth-order valence-electron chi connectivity index (χ4n) is 2.68. The molecule has 0 bridgehead atoms. The number of carbonyl (C=O) groups excluding carboxylic acids is 2. The van der Waals surface area contributed by atoms with E-state index in [1.54, 1.807) is 4.90 Å². The van der Waals surface area contributed by atoms with Crippen molar-refractivity contribution in [2.75, 3.05) is 13.1 Å². The summed E-state index contributed by atoms with van der Waals surface area (Å²) in [5, 5.41) is 0. The zero-order valence-corrected chi connectivity index (χ0v) is 16.2. The van der Waals surface area contributed by atoms with Crippen molar-refractivity contribution in [2.24, 2.45) is 11.8 Å². The van der Waals surface area contributed by atoms with Crippen LogP contribution in [0.4, 0.5) is 0 Å². The summed E-state index contributed by atoms with van der Waals surface area (Å²) >= 11 is 8.26. The minimum Gasteiger partial charge on any atom is -0.335 e. The maximum atomic E-state index is 12.4. The van der Waals surface area contributed by atoms with Gasteiger partial charge in [-0.15, -0.1) is 11.3 Å². The Morgan fingerprint density at radius 1 is 1.43 bits per heavy atom. The van der Waals surface area contributed by atoms with E-state index in [1.807, 2.05) is 6.07 Å². The van der Waals surface area contributed by atoms with Crippen LogP contribution in [0.2, 0.25) is 0 Å². The SMILES string of the molecule is CC(C)C1CCC(=O)N(CC(=O)c2cc(Br)sc2Br)CC1. The summed E-state index contributed by atoms with van der Waals surface area (Å²) in [6.07, 6.45) is 2.49. The zero-order valence-electron chi connectivity index (χ0n) is 12.2. The molecule has 0 radical (unpaired) electrons. The Balaban J connectivity index is 2.03. The molecule has 0 N–H and O–H groups in total. The van der Waals surface area contributed by atoms with Crippen LogP contribution in [0.25, 0.3) is 0 Å². The summed E-state index contributed by atoms with van der Waals surface area (Å²) in [5.41, 5.74) is 0.657. The highest BCUT2D eigenvalue weighted by Crippen LogP contribution is 2.32. The highest BCUT2D eigenvalue weighted by molar-refractivity contribution is 9.12. The summed E-state index contributed by atoms with van der Waals surface area (Å²) in [5.74, 6) is 1.28. The van der Waals surface area contributed by atoms with Gasteiger partial charge in [-0.2, -0.15) is 0 Å². The molecule has 0 aliphatic carbocycles. The van der Waals surface area contributed by atoms with Gasteiger partial charge >= 0.3 is 0 Å². The number of carbonyl (C=O) groups is 2. The smallest absolute Gasteiger partial charge is 0.222 e. The van der Waals surface area contributed by atoms with Crippen LogP contribution in [0.1, 0.15) is 43.5 Å². The topological polar surface area (TPSA) is 37.4 Å². The monoisotopic (exact) mass is 435 g/mol. The largest absolute Gasteiger partial charge is 0.335 e. The first-order chi connectivity index (χ1) is 9.88. The summed E-state index contributed by atoms with van der Waals surface area (Å²) in [6, 6.07) is 1.82. The van der Waals surface area contributed by atoms with Crippen molar-refractivity contribution in [3.8, 4) is 0 Å². The molecule has 1 aromatic heterocycles. The van der Waals surface area contributed by atoms with E-state index in [4.69, 9.17) is 0 Å². The van der Waals surface area contributed by atoms with E-state index >= 15 is 0 Å². The van der Waals surface area contributed by atoms with Crippen LogP contribution < -0.4 is 0 Å². The molecule has 1 aromatic rings. The van der Waals surface area contributed by atoms with E-state index in [0.717, 1.165) is 20.4 Å². The van der Waals surface area contributed by atoms with Crippen molar-refractivity contribution in [1.29, 1.82) is 0 Å². The quantitative estimate of drug-likeness (QED) is 0.639. The predicted octanol–water partition coefficient (Wildman–Crippen LogP) is 4.74. The van der Waals surface area contributed by atoms with Gasteiger partial charge in [0.15, 0.2) is 5.78 Å². The Kier molecular flexibility index (Phi) is 6.03. The van der Waals surface area contributed by atoms with E-state index < -0.39 is 0 Å². The maximum absolute atomic E-state index is 12.4. The van der Waals surface area contributed by atoms with Crippen LogP contribution in [-0.2, 0) is 4.79 Å². The molecule has 1 atom stereocenters. The maximum Gasteiger partial charge on any atom is 0.222 e. The summed E-state index contributed by atoms with van der Waals surface area (Å²) in [7, 11) is 0. The average molecular weight is 437 g/mol. The second-order valence-electron chi connectivity index (χ2n) is 5.81. The number of hydrogen-bond donors (Lipinski definition) is 0. The molecule has 6 heteroatoms. The van der Waals surface area contributed by atoms with Crippen molar-refractivity contribution >= 4 is 54.9 Å². The van der Waals surface area contributed by atoms with Gasteiger partial charge in [0, 0.05) is 18.5 Å². The lowest BCUT2D eigenvalue weighted by Crippen LogP contribution is -2.35. The Morgan fingerprint density at radius 3 is 2.71 bits per heavy atom. The number of ketones is 1. The van der Waals surface area contributed by atoms with Gasteiger partial charge in [-0.3, -0.25) is 9.59 Å². The lowest BCUT2D eigenvalue weighted by molar-refractivity contribution is -0.130. The lowest BCUT2D eigenvalue weighted by atomic mass is 9.89. The fraction of sp³-hybridized carbons (Fsp3) is 0.600. The molecule has 1 aliphatic heterocycles. The van der Waals surface area contributed by atoms with E-state index in [0.29, 0.717) is 30.4 Å². The first kappa shape index (κ1) is 17.2. The van der Waals surface area contributed by atoms with Crippen molar-refractivity contribution < 1.29 is 9.59 Å². The molecule has 2 rings (SSSR count). The van der Waals surface area contributed by atoms with E-state index in [-0.39, 0.29) is 18.2 Å². The van der Waals surface area contributed by atoms with Crippen LogP contribution in [0.15, 0.2) is 13.6 Å². The molecule has 1 fully saturated rings. The van der Waals surface area contributed by atoms with Crippen LogP contribution in [0.3, 0.4) is 0 Å². The van der Waals surface area contributed by atoms with Crippen molar-refractivity contribution in [3.63, 3.8) is 0 Å². The fourth-order valence-corrected chi connectivity index (χ4v) is 5.54. The van der Waals surface area contributed by atoms with E-state index in [1.165, 1.54) is 11.3 Å². The summed E-state index contributed by atoms with van der Waals surface area (Å²) in [6.45, 7) is 5.29. The van der Waals surface area contributed by atoms with Gasteiger partial charge in [0.25, 0.3) is 0 Å². The number of Topliss-reactive ketones (excluding diaryl/α,β-unsaturated/α-hetero) is 1. The Morgan fingerprint density at radius 2 is 2.14 bits per heavy atom. The van der Waals surface area contributed by atoms with Crippen molar-refractivity contribution in [1.82, 2.24) is 4.90 Å². The average Bonchev–Trinajstić information content (AvgIpc) is 2.63. The third-order valence-corrected chi connectivity index (χ3v) is 6.43. The Hall–Kier alpha value is -0.200. The van der Waals surface area contributed by atoms with Crippen LogP contribution in [0, 0.1) is 11.8 Å². The number of likely N-dealkylation sites (tertiary alicyclic amines) is 1. The molecule has 116 valence electrons. The van der Waals surface area contributed by atoms with Crippen LogP contribution >= 0.6 is 43.2 Å². The predicted molar refractivity (Wildman–Crippen MR) is 92.8 cm³/mol. The molecule has 2 heterocycles. The third kappa shape index (κ3) is 4.39. The Labute approximate surface area is 146 Å². The first-order valence-corrected chi connectivity index (χ1v) is 9.54. The van der Waals surface area contributed by atoms with Gasteiger partial charge in [-0.05, 0) is 62.6 Å². The van der Waals surface area contributed by atoms with Gasteiger partial charge in [0.2, 0.25) is 5.91 Å². The second kappa shape index (κ2) is 7.38. The highest BCUT2D eigenvalue weighted by atomic mass is 79.9. The zero-order chi connectivity index (χ0) is 15.6. The standard InChI is InChI=1S/C15H19Br2NO2S/c1-9(2)10-3-4-14(20)18(6-5-10)8-12(19)11-7-13(16)21-15(11)17/h7,9-10H,3-6,8H2,1-2H3. The molecule has 21 heavy (non-hydrogen) atoms. The van der Waals surface area contributed by atoms with Gasteiger partial charge in [-0.25, -0.2) is 0 Å². The van der Waals surface area contributed by atoms with E-state index in [9.17, 15) is 9.59 Å². The minimum atomic E-state index is 0.000159. The number of nitrogens with zero attached hydrogens (tertiary/aromatic N) is 1. The molecule has 1 aliphatic rings. The lowest BCUT2D eigenvalue weighted by Gasteiger charge is -2.21. The number of halogens is 2. The molecule has 1 saturated heterocycles. The second-order valence-corrected chi connectivity index (χ2v) is 9.56. The third-order valence-electron chi connectivity index (χ3n) is 4.09. The van der Waals surface area contributed by atoms with E-state index in [2.05, 4.69) is 45.7 Å². The van der Waals surface area contributed by atoms with Gasteiger partial charge < -0.3 is 4.90 Å². The number of thiophene rings is 1. The van der Waals surface area contributed by atoms with Gasteiger partial charge in [0.1, 0.15) is 0 Å². The number of amides is 1. The molecular formula is C15H19Br2NO2S. The van der Waals surface area contributed by atoms with Gasteiger partial charge in [0.05, 0.1) is 14.1 Å². The van der Waals surface area contributed by atoms with Crippen LogP contribution in [0.5, 0.6) is 0 Å². The Bertz CT molecular complexity index is 542. The summed E-state index contributed by atoms with van der Waals surface area (Å²) in [4.78, 5) is 26.3. The number of hydrogen-bond acceptors (Lipinski definition) is 3. The summed E-state index contributed by atoms with van der Waals surface area (Å²) < 4.78 is 1.74. The number of rotatable bonds is 4. The molecule has 0 saturated carbocycles. The first-order valence-electron chi connectivity index (χ1n) is 7.14. The molecule has 0 spiro atoms. The van der Waals surface area contributed by atoms with Crippen LogP contribution in [-0.4, -0.2) is 29.7 Å². The van der Waals surface area contributed by atoms with Crippen molar-refractivity contribution in [2.45, 2.75) is 33.1 Å². The minimum absolute atomic E-state index is 0.000159. The normalized spacial score (nSPS) is 20.0. The molecule has 0 aromatic carbocycles. The molecule has 3 nitrogen and oxygen atoms in total. The van der Waals surface area contributed by atoms with Gasteiger partial charge in [-0.1, -0.05) is 13.8 Å².